The summed E-state index contributed by atoms with van der Waals surface area (Å²) in [6, 6.07) is 19.5. The molecule has 2 amide bonds. The summed E-state index contributed by atoms with van der Waals surface area (Å²) in [6.07, 6.45) is 3.70. The molecule has 47 heavy (non-hydrogen) atoms. The summed E-state index contributed by atoms with van der Waals surface area (Å²) in [5, 5.41) is 6.22. The van der Waals surface area contributed by atoms with Crippen LogP contribution in [-0.2, 0) is 17.6 Å². The number of carbonyl (C=O) groups excluding carboxylic acids is 2. The lowest BCUT2D eigenvalue weighted by Gasteiger charge is -2.37. The van der Waals surface area contributed by atoms with Crippen LogP contribution in [0.4, 0.5) is 17.3 Å². The van der Waals surface area contributed by atoms with E-state index in [2.05, 4.69) is 46.4 Å². The van der Waals surface area contributed by atoms with Crippen molar-refractivity contribution < 1.29 is 19.1 Å². The summed E-state index contributed by atoms with van der Waals surface area (Å²) in [6.45, 7) is 10.5. The molecule has 1 aromatic heterocycles. The number of nitrogens with one attached hydrogen (secondary N) is 2. The van der Waals surface area contributed by atoms with Gasteiger partial charge in [-0.25, -0.2) is 4.98 Å². The van der Waals surface area contributed by atoms with Crippen LogP contribution in [0.5, 0.6) is 17.4 Å². The second kappa shape index (κ2) is 15.1. The Morgan fingerprint density at radius 1 is 0.979 bits per heavy atom. The van der Waals surface area contributed by atoms with E-state index in [-0.39, 0.29) is 23.3 Å². The Kier molecular flexibility index (Phi) is 10.7. The summed E-state index contributed by atoms with van der Waals surface area (Å²) in [4.78, 5) is 39.8. The van der Waals surface area contributed by atoms with Gasteiger partial charge in [-0.3, -0.25) is 9.59 Å². The number of methoxy groups -OCH3 is 1. The van der Waals surface area contributed by atoms with Crippen molar-refractivity contribution in [2.24, 2.45) is 0 Å². The van der Waals surface area contributed by atoms with Gasteiger partial charge in [0.25, 0.3) is 5.91 Å². The van der Waals surface area contributed by atoms with E-state index in [9.17, 15) is 9.59 Å². The molecular weight excluding hydrogens is 592 g/mol. The molecule has 10 heteroatoms. The number of likely N-dealkylation sites (N-methyl/N-ethyl adjacent to an activating group) is 1. The Morgan fingerprint density at radius 2 is 1.70 bits per heavy atom. The van der Waals surface area contributed by atoms with Crippen LogP contribution in [-0.4, -0.2) is 71.4 Å². The maximum Gasteiger partial charge on any atom is 0.262 e. The fourth-order valence-electron chi connectivity index (χ4n) is 5.59. The Labute approximate surface area is 277 Å². The van der Waals surface area contributed by atoms with E-state index in [4.69, 9.17) is 9.47 Å². The zero-order valence-electron chi connectivity index (χ0n) is 28.1. The van der Waals surface area contributed by atoms with Gasteiger partial charge in [0, 0.05) is 43.2 Å². The number of rotatable bonds is 11. The number of piperazine rings is 1. The molecule has 1 atom stereocenters. The van der Waals surface area contributed by atoms with Crippen LogP contribution in [0.1, 0.15) is 52.9 Å². The fraction of sp³-hybridized carbons (Fsp3) is 0.351. The third-order valence-electron chi connectivity index (χ3n) is 8.57. The highest BCUT2D eigenvalue weighted by atomic mass is 16.5. The average molecular weight is 637 g/mol. The fourth-order valence-corrected chi connectivity index (χ4v) is 5.59. The van der Waals surface area contributed by atoms with Crippen LogP contribution in [0.15, 0.2) is 66.9 Å². The second-order valence-corrected chi connectivity index (χ2v) is 12.1. The van der Waals surface area contributed by atoms with Crippen LogP contribution in [0.2, 0.25) is 0 Å². The summed E-state index contributed by atoms with van der Waals surface area (Å²) < 4.78 is 11.9. The number of anilines is 3. The normalized spacial score (nSPS) is 14.9. The van der Waals surface area contributed by atoms with E-state index in [1.165, 1.54) is 6.20 Å². The first-order valence-corrected chi connectivity index (χ1v) is 16.1. The Balaban J connectivity index is 1.37. The summed E-state index contributed by atoms with van der Waals surface area (Å²) in [5.74, 6) is 1.04. The van der Waals surface area contributed by atoms with Crippen molar-refractivity contribution in [1.29, 1.82) is 0 Å². The van der Waals surface area contributed by atoms with Gasteiger partial charge in [-0.05, 0) is 80.8 Å². The largest absolute Gasteiger partial charge is 0.493 e. The molecule has 246 valence electrons. The summed E-state index contributed by atoms with van der Waals surface area (Å²) in [5.41, 5.74) is 5.56. The smallest absolute Gasteiger partial charge is 0.262 e. The zero-order valence-corrected chi connectivity index (χ0v) is 28.1. The summed E-state index contributed by atoms with van der Waals surface area (Å²) in [7, 11) is 3.68. The molecule has 1 aliphatic heterocycles. The van der Waals surface area contributed by atoms with Crippen molar-refractivity contribution in [1.82, 2.24) is 19.8 Å². The predicted octanol–water partition coefficient (Wildman–Crippen LogP) is 6.55. The van der Waals surface area contributed by atoms with E-state index >= 15 is 0 Å². The van der Waals surface area contributed by atoms with Crippen molar-refractivity contribution in [3.63, 3.8) is 0 Å². The topological polar surface area (TPSA) is 109 Å². The molecule has 1 fully saturated rings. The molecule has 1 aliphatic rings. The standard InChI is InChI=1S/C37H44N6O4/c1-7-9-27-14-17-31(32(20-27)46-6)47-36-30(35(45)40-34-24(2)10-8-11-25(34)3)22-38-37(41-36)39-29-15-12-28(13-16-29)21-33(44)43-19-18-42(5)26(4)23-43/h8,10-17,20,22,26H,7,9,18-19,21,23H2,1-6H3,(H,40,45)(H,38,39,41). The molecule has 1 unspecified atom stereocenters. The third kappa shape index (κ3) is 8.26. The highest BCUT2D eigenvalue weighted by molar-refractivity contribution is 6.06. The number of hydrogen-bond acceptors (Lipinski definition) is 8. The lowest BCUT2D eigenvalue weighted by Crippen LogP contribution is -2.52. The Bertz CT molecular complexity index is 1700. The van der Waals surface area contributed by atoms with E-state index in [1.807, 2.05) is 79.4 Å². The molecule has 2 heterocycles. The number of carbonyl (C=O) groups is 2. The molecular formula is C37H44N6O4. The maximum absolute atomic E-state index is 13.6. The SMILES string of the molecule is CCCc1ccc(Oc2nc(Nc3ccc(CC(=O)N4CCN(C)C(C)C4)cc3)ncc2C(=O)Nc2c(C)cccc2C)c(OC)c1. The van der Waals surface area contributed by atoms with E-state index in [0.29, 0.717) is 24.0 Å². The predicted molar refractivity (Wildman–Crippen MR) is 185 cm³/mol. The van der Waals surface area contributed by atoms with Gasteiger partial charge in [-0.2, -0.15) is 4.98 Å². The van der Waals surface area contributed by atoms with Gasteiger partial charge in [0.05, 0.1) is 13.5 Å². The minimum absolute atomic E-state index is 0.0800. The van der Waals surface area contributed by atoms with E-state index in [1.54, 1.807) is 7.11 Å². The number of para-hydroxylation sites is 1. The molecule has 0 bridgehead atoms. The first kappa shape index (κ1) is 33.4. The zero-order chi connectivity index (χ0) is 33.5. The number of hydrogen-bond donors (Lipinski definition) is 2. The van der Waals surface area contributed by atoms with Crippen molar-refractivity contribution in [2.75, 3.05) is 44.4 Å². The van der Waals surface area contributed by atoms with Gasteiger partial charge >= 0.3 is 0 Å². The minimum atomic E-state index is -0.394. The van der Waals surface area contributed by atoms with Crippen LogP contribution >= 0.6 is 0 Å². The minimum Gasteiger partial charge on any atom is -0.493 e. The molecule has 0 radical (unpaired) electrons. The number of aromatic nitrogens is 2. The molecule has 0 aliphatic carbocycles. The van der Waals surface area contributed by atoms with E-state index in [0.717, 1.165) is 66.1 Å². The Morgan fingerprint density at radius 3 is 2.38 bits per heavy atom. The van der Waals surface area contributed by atoms with Gasteiger partial charge in [0.2, 0.25) is 17.7 Å². The van der Waals surface area contributed by atoms with Crippen molar-refractivity contribution in [3.8, 4) is 17.4 Å². The monoisotopic (exact) mass is 636 g/mol. The first-order valence-electron chi connectivity index (χ1n) is 16.1. The maximum atomic E-state index is 13.6. The second-order valence-electron chi connectivity index (χ2n) is 12.1. The average Bonchev–Trinajstić information content (AvgIpc) is 3.06. The summed E-state index contributed by atoms with van der Waals surface area (Å²) >= 11 is 0. The number of nitrogens with zero attached hydrogens (tertiary/aromatic N) is 4. The van der Waals surface area contributed by atoms with Crippen LogP contribution in [0.3, 0.4) is 0 Å². The molecule has 4 aromatic rings. The van der Waals surface area contributed by atoms with Gasteiger partial charge in [-0.15, -0.1) is 0 Å². The molecule has 0 saturated carbocycles. The molecule has 5 rings (SSSR count). The molecule has 2 N–H and O–H groups in total. The van der Waals surface area contributed by atoms with Gasteiger partial charge < -0.3 is 29.9 Å². The molecule has 0 spiro atoms. The first-order chi connectivity index (χ1) is 22.6. The van der Waals surface area contributed by atoms with Crippen molar-refractivity contribution >= 4 is 29.1 Å². The van der Waals surface area contributed by atoms with Crippen LogP contribution in [0.25, 0.3) is 0 Å². The Hall–Kier alpha value is -4.96. The molecule has 1 saturated heterocycles. The number of ether oxygens (including phenoxy) is 2. The molecule has 3 aromatic carbocycles. The number of benzene rings is 3. The number of amides is 2. The number of aryl methyl sites for hydroxylation is 3. The van der Waals surface area contributed by atoms with Gasteiger partial charge in [0.1, 0.15) is 5.56 Å². The highest BCUT2D eigenvalue weighted by Crippen LogP contribution is 2.34. The van der Waals surface area contributed by atoms with Crippen LogP contribution in [0, 0.1) is 13.8 Å². The highest BCUT2D eigenvalue weighted by Gasteiger charge is 2.24. The lowest BCUT2D eigenvalue weighted by atomic mass is 10.1. The van der Waals surface area contributed by atoms with Crippen molar-refractivity contribution in [2.45, 2.75) is 53.0 Å². The third-order valence-corrected chi connectivity index (χ3v) is 8.57. The molecule has 10 nitrogen and oxygen atoms in total. The van der Waals surface area contributed by atoms with Gasteiger partial charge in [-0.1, -0.05) is 49.7 Å². The van der Waals surface area contributed by atoms with E-state index < -0.39 is 5.91 Å². The lowest BCUT2D eigenvalue weighted by molar-refractivity contribution is -0.133. The van der Waals surface area contributed by atoms with Crippen LogP contribution < -0.4 is 20.1 Å². The van der Waals surface area contributed by atoms with Crippen molar-refractivity contribution in [3.05, 3.63) is 94.7 Å². The van der Waals surface area contributed by atoms with Gasteiger partial charge in [0.15, 0.2) is 11.5 Å². The quantitative estimate of drug-likeness (QED) is 0.191.